The highest BCUT2D eigenvalue weighted by Gasteiger charge is 2.49. The van der Waals surface area contributed by atoms with Gasteiger partial charge >= 0.3 is 0 Å². The second kappa shape index (κ2) is 3.37. The number of fused-ring (bicyclic) bond motifs is 1. The zero-order valence-electron chi connectivity index (χ0n) is 7.00. The van der Waals surface area contributed by atoms with E-state index in [-0.39, 0.29) is 23.6 Å². The molecular formula is C6H9Cl3N2O2S. The van der Waals surface area contributed by atoms with Gasteiger partial charge in [-0.15, -0.1) is 0 Å². The molecule has 2 unspecified atom stereocenters. The Bertz CT molecular complexity index is 319. The van der Waals surface area contributed by atoms with E-state index in [0.717, 1.165) is 0 Å². The Morgan fingerprint density at radius 2 is 1.50 bits per heavy atom. The molecule has 0 amide bonds. The van der Waals surface area contributed by atoms with E-state index in [1.165, 1.54) is 0 Å². The van der Waals surface area contributed by atoms with E-state index < -0.39 is 19.8 Å². The summed E-state index contributed by atoms with van der Waals surface area (Å²) < 4.78 is 21.0. The van der Waals surface area contributed by atoms with Gasteiger partial charge < -0.3 is 0 Å². The first-order chi connectivity index (χ1) is 6.28. The van der Waals surface area contributed by atoms with Gasteiger partial charge in [0.05, 0.1) is 11.5 Å². The van der Waals surface area contributed by atoms with Crippen LogP contribution in [0.4, 0.5) is 0 Å². The molecule has 2 rings (SSSR count). The molecule has 8 heteroatoms. The predicted molar refractivity (Wildman–Crippen MR) is 56.6 cm³/mol. The monoisotopic (exact) mass is 278 g/mol. The molecule has 0 aromatic carbocycles. The molecule has 0 aliphatic carbocycles. The second-order valence-electron chi connectivity index (χ2n) is 3.60. The van der Waals surface area contributed by atoms with Gasteiger partial charge in [-0.1, -0.05) is 34.8 Å². The summed E-state index contributed by atoms with van der Waals surface area (Å²) in [4.78, 5) is 0. The first kappa shape index (κ1) is 11.2. The number of nitrogens with one attached hydrogen (secondary N) is 2. The molecule has 0 saturated carbocycles. The molecule has 2 aliphatic heterocycles. The van der Waals surface area contributed by atoms with Gasteiger partial charge in [0, 0.05) is 12.1 Å². The zero-order chi connectivity index (χ0) is 10.6. The molecule has 2 saturated heterocycles. The Kier molecular flexibility index (Phi) is 2.70. The van der Waals surface area contributed by atoms with E-state index >= 15 is 0 Å². The Labute approximate surface area is 97.2 Å². The number of hydrogen-bond acceptors (Lipinski definition) is 4. The molecule has 14 heavy (non-hydrogen) atoms. The van der Waals surface area contributed by atoms with E-state index in [9.17, 15) is 8.42 Å². The third kappa shape index (κ3) is 2.13. The first-order valence-electron chi connectivity index (χ1n) is 4.07. The standard InChI is InChI=1S/C6H9Cl3N2O2S/c7-6(8,9)5-10-3-1-14(12,13)2-4(3)11-5/h3-5,10-11H,1-2H2. The van der Waals surface area contributed by atoms with Crippen LogP contribution in [0, 0.1) is 0 Å². The highest BCUT2D eigenvalue weighted by molar-refractivity contribution is 7.91. The van der Waals surface area contributed by atoms with Gasteiger partial charge in [-0.25, -0.2) is 8.42 Å². The van der Waals surface area contributed by atoms with Crippen molar-refractivity contribution < 1.29 is 8.42 Å². The third-order valence-corrected chi connectivity index (χ3v) is 4.83. The van der Waals surface area contributed by atoms with Crippen LogP contribution in [-0.2, 0) is 9.84 Å². The van der Waals surface area contributed by atoms with Crippen LogP contribution >= 0.6 is 34.8 Å². The lowest BCUT2D eigenvalue weighted by molar-refractivity contribution is 0.528. The Morgan fingerprint density at radius 3 is 1.86 bits per heavy atom. The summed E-state index contributed by atoms with van der Waals surface area (Å²) in [5.41, 5.74) is 0. The van der Waals surface area contributed by atoms with Gasteiger partial charge in [0.25, 0.3) is 0 Å². The van der Waals surface area contributed by atoms with Gasteiger partial charge in [0.15, 0.2) is 9.84 Å². The Morgan fingerprint density at radius 1 is 1.07 bits per heavy atom. The number of alkyl halides is 3. The summed E-state index contributed by atoms with van der Waals surface area (Å²) in [6.07, 6.45) is -0.474. The van der Waals surface area contributed by atoms with E-state index in [1.807, 2.05) is 0 Å². The van der Waals surface area contributed by atoms with E-state index in [1.54, 1.807) is 0 Å². The molecule has 0 aromatic rings. The summed E-state index contributed by atoms with van der Waals surface area (Å²) in [5.74, 6) is 0.226. The van der Waals surface area contributed by atoms with Crippen LogP contribution in [-0.4, -0.2) is 42.0 Å². The van der Waals surface area contributed by atoms with Crippen molar-refractivity contribution in [1.29, 1.82) is 0 Å². The maximum absolute atomic E-state index is 11.2. The van der Waals surface area contributed by atoms with Crippen molar-refractivity contribution in [1.82, 2.24) is 10.6 Å². The Hall–Kier alpha value is 0.740. The molecule has 2 N–H and O–H groups in total. The number of rotatable bonds is 0. The third-order valence-electron chi connectivity index (χ3n) is 2.44. The van der Waals surface area contributed by atoms with Crippen molar-refractivity contribution in [2.75, 3.05) is 11.5 Å². The van der Waals surface area contributed by atoms with Gasteiger partial charge in [-0.05, 0) is 0 Å². The lowest BCUT2D eigenvalue weighted by atomic mass is 10.2. The van der Waals surface area contributed by atoms with E-state index in [0.29, 0.717) is 0 Å². The molecule has 2 aliphatic rings. The minimum Gasteiger partial charge on any atom is -0.293 e. The molecule has 2 fully saturated rings. The summed E-state index contributed by atoms with van der Waals surface area (Å²) in [5, 5.41) is 5.92. The molecular weight excluding hydrogens is 271 g/mol. The van der Waals surface area contributed by atoms with Gasteiger partial charge in [-0.3, -0.25) is 10.6 Å². The van der Waals surface area contributed by atoms with Crippen molar-refractivity contribution in [3.05, 3.63) is 0 Å². The minimum atomic E-state index is -2.93. The topological polar surface area (TPSA) is 58.2 Å². The van der Waals surface area contributed by atoms with Gasteiger partial charge in [-0.2, -0.15) is 0 Å². The number of sulfone groups is 1. The fourth-order valence-electron chi connectivity index (χ4n) is 1.84. The maximum atomic E-state index is 11.2. The lowest BCUT2D eigenvalue weighted by Crippen LogP contribution is -2.46. The van der Waals surface area contributed by atoms with Crippen LogP contribution < -0.4 is 10.6 Å². The van der Waals surface area contributed by atoms with Crippen molar-refractivity contribution in [3.63, 3.8) is 0 Å². The fourth-order valence-corrected chi connectivity index (χ4v) is 4.11. The number of halogens is 3. The molecule has 0 radical (unpaired) electrons. The Balaban J connectivity index is 2.07. The van der Waals surface area contributed by atoms with Crippen LogP contribution in [0.5, 0.6) is 0 Å². The van der Waals surface area contributed by atoms with Gasteiger partial charge in [0.1, 0.15) is 6.17 Å². The molecule has 2 heterocycles. The average Bonchev–Trinajstić information content (AvgIpc) is 2.37. The van der Waals surface area contributed by atoms with Crippen LogP contribution in [0.1, 0.15) is 0 Å². The normalized spacial score (nSPS) is 41.2. The lowest BCUT2D eigenvalue weighted by Gasteiger charge is -2.21. The maximum Gasteiger partial charge on any atom is 0.218 e. The molecule has 0 bridgehead atoms. The smallest absolute Gasteiger partial charge is 0.218 e. The van der Waals surface area contributed by atoms with Crippen molar-refractivity contribution in [3.8, 4) is 0 Å². The van der Waals surface area contributed by atoms with E-state index in [4.69, 9.17) is 34.8 Å². The van der Waals surface area contributed by atoms with Crippen LogP contribution in [0.3, 0.4) is 0 Å². The molecule has 0 aromatic heterocycles. The summed E-state index contributed by atoms with van der Waals surface area (Å²) in [6.45, 7) is 0. The van der Waals surface area contributed by atoms with Crippen molar-refractivity contribution >= 4 is 44.6 Å². The predicted octanol–water partition coefficient (Wildman–Crippen LogP) is 0.0411. The summed E-state index contributed by atoms with van der Waals surface area (Å²) in [7, 11) is -2.93. The quantitative estimate of drug-likeness (QED) is 0.615. The summed E-state index contributed by atoms with van der Waals surface area (Å²) >= 11 is 17.0. The number of hydrogen-bond donors (Lipinski definition) is 2. The fraction of sp³-hybridized carbons (Fsp3) is 1.00. The van der Waals surface area contributed by atoms with Crippen LogP contribution in [0.25, 0.3) is 0 Å². The molecule has 4 nitrogen and oxygen atoms in total. The molecule has 0 spiro atoms. The SMILES string of the molecule is O=S1(=O)CC2NC(C(Cl)(Cl)Cl)NC2C1. The van der Waals surface area contributed by atoms with E-state index in [2.05, 4.69) is 10.6 Å². The van der Waals surface area contributed by atoms with Crippen LogP contribution in [0.15, 0.2) is 0 Å². The van der Waals surface area contributed by atoms with Crippen molar-refractivity contribution in [2.45, 2.75) is 22.0 Å². The first-order valence-corrected chi connectivity index (χ1v) is 7.03. The highest BCUT2D eigenvalue weighted by Crippen LogP contribution is 2.33. The van der Waals surface area contributed by atoms with Crippen molar-refractivity contribution in [2.24, 2.45) is 0 Å². The average molecular weight is 280 g/mol. The second-order valence-corrected chi connectivity index (χ2v) is 8.12. The summed E-state index contributed by atoms with van der Waals surface area (Å²) in [6, 6.07) is -0.277. The highest BCUT2D eigenvalue weighted by atomic mass is 35.6. The van der Waals surface area contributed by atoms with Crippen LogP contribution in [0.2, 0.25) is 0 Å². The molecule has 2 atom stereocenters. The zero-order valence-corrected chi connectivity index (χ0v) is 10.1. The molecule has 82 valence electrons. The minimum absolute atomic E-state index is 0.113. The largest absolute Gasteiger partial charge is 0.293 e. The van der Waals surface area contributed by atoms with Gasteiger partial charge in [0.2, 0.25) is 3.79 Å².